The monoisotopic (exact) mass is 289 g/mol. The Hall–Kier alpha value is -1.78. The van der Waals surface area contributed by atoms with Crippen LogP contribution >= 0.6 is 0 Å². The van der Waals surface area contributed by atoms with Gasteiger partial charge in [0.2, 0.25) is 0 Å². The molecule has 2 aromatic carbocycles. The summed E-state index contributed by atoms with van der Waals surface area (Å²) in [5, 5.41) is 3.33. The first-order chi connectivity index (χ1) is 10.1. The third-order valence-electron chi connectivity index (χ3n) is 3.84. The van der Waals surface area contributed by atoms with Crippen molar-refractivity contribution in [3.05, 3.63) is 70.8 Å². The molecule has 1 aliphatic rings. The van der Waals surface area contributed by atoms with E-state index in [1.807, 2.05) is 30.3 Å². The van der Waals surface area contributed by atoms with Gasteiger partial charge in [0.15, 0.2) is 0 Å². The van der Waals surface area contributed by atoms with Crippen molar-refractivity contribution in [3.8, 4) is 0 Å². The Morgan fingerprint density at radius 1 is 1.10 bits per heavy atom. The van der Waals surface area contributed by atoms with Gasteiger partial charge < -0.3 is 10.1 Å². The highest BCUT2D eigenvalue weighted by Gasteiger charge is 2.26. The molecule has 0 saturated carbocycles. The summed E-state index contributed by atoms with van der Waals surface area (Å²) in [6.45, 7) is 2.44. The van der Waals surface area contributed by atoms with Gasteiger partial charge in [-0.1, -0.05) is 30.3 Å². The van der Waals surface area contributed by atoms with Gasteiger partial charge in [0.1, 0.15) is 11.6 Å². The van der Waals surface area contributed by atoms with Crippen LogP contribution < -0.4 is 5.32 Å². The number of morpholine rings is 1. The van der Waals surface area contributed by atoms with Gasteiger partial charge in [-0.05, 0) is 30.2 Å². The van der Waals surface area contributed by atoms with Crippen LogP contribution in [0.5, 0.6) is 0 Å². The lowest BCUT2D eigenvalue weighted by Gasteiger charge is -2.31. The number of aryl methyl sites for hydroxylation is 1. The van der Waals surface area contributed by atoms with Crippen LogP contribution in [-0.4, -0.2) is 13.2 Å². The van der Waals surface area contributed by atoms with Gasteiger partial charge in [-0.3, -0.25) is 0 Å². The van der Waals surface area contributed by atoms with Crippen LogP contribution in [0.2, 0.25) is 0 Å². The summed E-state index contributed by atoms with van der Waals surface area (Å²) in [5.74, 6) is -0.820. The van der Waals surface area contributed by atoms with E-state index in [2.05, 4.69) is 5.32 Å². The van der Waals surface area contributed by atoms with Gasteiger partial charge in [-0.25, -0.2) is 8.78 Å². The van der Waals surface area contributed by atoms with Crippen molar-refractivity contribution in [2.75, 3.05) is 13.2 Å². The average molecular weight is 289 g/mol. The topological polar surface area (TPSA) is 21.3 Å². The smallest absolute Gasteiger partial charge is 0.129 e. The van der Waals surface area contributed by atoms with E-state index in [4.69, 9.17) is 4.74 Å². The molecule has 0 spiro atoms. The SMILES string of the molecule is Cc1cc(F)c(C2CNC(c3ccccc3)CO2)cc1F. The maximum Gasteiger partial charge on any atom is 0.129 e. The third-order valence-corrected chi connectivity index (χ3v) is 3.84. The predicted octanol–water partition coefficient (Wildman–Crippen LogP) is 3.68. The Kier molecular flexibility index (Phi) is 3.99. The van der Waals surface area contributed by atoms with Crippen molar-refractivity contribution in [1.29, 1.82) is 0 Å². The summed E-state index contributed by atoms with van der Waals surface area (Å²) in [5.41, 5.74) is 1.71. The van der Waals surface area contributed by atoms with Gasteiger partial charge in [0, 0.05) is 12.1 Å². The molecule has 0 radical (unpaired) electrons. The average Bonchev–Trinajstić information content (AvgIpc) is 2.52. The third kappa shape index (κ3) is 2.96. The zero-order valence-electron chi connectivity index (χ0n) is 11.8. The largest absolute Gasteiger partial charge is 0.370 e. The molecule has 21 heavy (non-hydrogen) atoms. The number of hydrogen-bond donors (Lipinski definition) is 1. The molecule has 0 amide bonds. The Labute approximate surface area is 122 Å². The van der Waals surface area contributed by atoms with E-state index in [0.717, 1.165) is 5.56 Å². The van der Waals surface area contributed by atoms with Gasteiger partial charge >= 0.3 is 0 Å². The van der Waals surface area contributed by atoms with E-state index in [1.54, 1.807) is 6.92 Å². The van der Waals surface area contributed by atoms with E-state index in [0.29, 0.717) is 18.7 Å². The minimum absolute atomic E-state index is 0.0841. The summed E-state index contributed by atoms with van der Waals surface area (Å²) in [6.07, 6.45) is -0.458. The van der Waals surface area contributed by atoms with E-state index in [1.165, 1.54) is 12.1 Å². The van der Waals surface area contributed by atoms with Crippen molar-refractivity contribution in [2.45, 2.75) is 19.1 Å². The van der Waals surface area contributed by atoms with Gasteiger partial charge in [-0.15, -0.1) is 0 Å². The number of benzene rings is 2. The van der Waals surface area contributed by atoms with E-state index < -0.39 is 17.7 Å². The second-order valence-corrected chi connectivity index (χ2v) is 5.32. The summed E-state index contributed by atoms with van der Waals surface area (Å²) in [7, 11) is 0. The predicted molar refractivity (Wildman–Crippen MR) is 77.0 cm³/mol. The number of hydrogen-bond acceptors (Lipinski definition) is 2. The molecule has 110 valence electrons. The van der Waals surface area contributed by atoms with Crippen molar-refractivity contribution in [2.24, 2.45) is 0 Å². The zero-order chi connectivity index (χ0) is 14.8. The Bertz CT molecular complexity index is 622. The van der Waals surface area contributed by atoms with Crippen LogP contribution in [0.25, 0.3) is 0 Å². The minimum atomic E-state index is -0.458. The molecular weight excluding hydrogens is 272 g/mol. The van der Waals surface area contributed by atoms with Crippen LogP contribution in [0.15, 0.2) is 42.5 Å². The molecule has 2 unspecified atom stereocenters. The van der Waals surface area contributed by atoms with Crippen molar-refractivity contribution < 1.29 is 13.5 Å². The lowest BCUT2D eigenvalue weighted by atomic mass is 10.0. The molecule has 1 aliphatic heterocycles. The minimum Gasteiger partial charge on any atom is -0.370 e. The number of nitrogens with one attached hydrogen (secondary N) is 1. The molecule has 1 heterocycles. The maximum absolute atomic E-state index is 14.0. The Balaban J connectivity index is 1.73. The molecule has 1 fully saturated rings. The maximum atomic E-state index is 14.0. The number of halogens is 2. The molecule has 0 aromatic heterocycles. The van der Waals surface area contributed by atoms with E-state index in [-0.39, 0.29) is 11.6 Å². The highest BCUT2D eigenvalue weighted by molar-refractivity contribution is 5.28. The summed E-state index contributed by atoms with van der Waals surface area (Å²) < 4.78 is 33.3. The van der Waals surface area contributed by atoms with Gasteiger partial charge in [0.05, 0.1) is 18.8 Å². The fourth-order valence-corrected chi connectivity index (χ4v) is 2.59. The Morgan fingerprint density at radius 3 is 2.52 bits per heavy atom. The lowest BCUT2D eigenvalue weighted by molar-refractivity contribution is 0.000321. The quantitative estimate of drug-likeness (QED) is 0.910. The fraction of sp³-hybridized carbons (Fsp3) is 0.294. The lowest BCUT2D eigenvalue weighted by Crippen LogP contribution is -2.37. The standard InChI is InChI=1S/C17H17F2NO/c1-11-7-15(19)13(8-14(11)18)17-9-20-16(10-21-17)12-5-3-2-4-6-12/h2-8,16-17,20H,9-10H2,1H3. The normalized spacial score (nSPS) is 22.2. The van der Waals surface area contributed by atoms with Crippen LogP contribution in [0.1, 0.15) is 28.8 Å². The van der Waals surface area contributed by atoms with Gasteiger partial charge in [-0.2, -0.15) is 0 Å². The second-order valence-electron chi connectivity index (χ2n) is 5.32. The van der Waals surface area contributed by atoms with Gasteiger partial charge in [0.25, 0.3) is 0 Å². The molecule has 1 saturated heterocycles. The highest BCUT2D eigenvalue weighted by Crippen LogP contribution is 2.28. The molecule has 2 aromatic rings. The van der Waals surface area contributed by atoms with Crippen molar-refractivity contribution in [3.63, 3.8) is 0 Å². The first-order valence-corrected chi connectivity index (χ1v) is 7.00. The molecule has 0 bridgehead atoms. The second kappa shape index (κ2) is 5.92. The Morgan fingerprint density at radius 2 is 1.86 bits per heavy atom. The summed E-state index contributed by atoms with van der Waals surface area (Å²) in [4.78, 5) is 0. The molecular formula is C17H17F2NO. The number of rotatable bonds is 2. The molecule has 2 atom stereocenters. The zero-order valence-corrected chi connectivity index (χ0v) is 11.8. The van der Waals surface area contributed by atoms with E-state index in [9.17, 15) is 8.78 Å². The molecule has 0 aliphatic carbocycles. The number of ether oxygens (including phenoxy) is 1. The van der Waals surface area contributed by atoms with Crippen molar-refractivity contribution in [1.82, 2.24) is 5.32 Å². The highest BCUT2D eigenvalue weighted by atomic mass is 19.1. The van der Waals surface area contributed by atoms with Crippen LogP contribution in [-0.2, 0) is 4.74 Å². The molecule has 4 heteroatoms. The van der Waals surface area contributed by atoms with E-state index >= 15 is 0 Å². The summed E-state index contributed by atoms with van der Waals surface area (Å²) in [6, 6.07) is 12.5. The first kappa shape index (κ1) is 14.2. The van der Waals surface area contributed by atoms with Crippen LogP contribution in [0.4, 0.5) is 8.78 Å². The van der Waals surface area contributed by atoms with Crippen LogP contribution in [0.3, 0.4) is 0 Å². The molecule has 1 N–H and O–H groups in total. The summed E-state index contributed by atoms with van der Waals surface area (Å²) >= 11 is 0. The molecule has 3 rings (SSSR count). The fourth-order valence-electron chi connectivity index (χ4n) is 2.59. The molecule has 2 nitrogen and oxygen atoms in total. The van der Waals surface area contributed by atoms with Crippen molar-refractivity contribution >= 4 is 0 Å². The first-order valence-electron chi connectivity index (χ1n) is 7.00. The van der Waals surface area contributed by atoms with Crippen LogP contribution in [0, 0.1) is 18.6 Å².